The smallest absolute Gasteiger partial charge is 0.321 e. The van der Waals surface area contributed by atoms with Gasteiger partial charge < -0.3 is 15.1 Å². The SMILES string of the molecule is CN1CCN(CC2CC=C(NC(=O)c3nc4ccc5[nH]ncc5c4c4c3CCCC4)C=C2C(F)(F)F)CC1. The van der Waals surface area contributed by atoms with E-state index in [2.05, 4.69) is 25.3 Å². The number of nitrogens with one attached hydrogen (secondary N) is 2. The van der Waals surface area contributed by atoms with Crippen LogP contribution >= 0.6 is 0 Å². The van der Waals surface area contributed by atoms with Crippen LogP contribution in [0, 0.1) is 5.92 Å². The number of aryl methyl sites for hydroxylation is 1. The van der Waals surface area contributed by atoms with Crippen LogP contribution in [0.4, 0.5) is 13.2 Å². The Labute approximate surface area is 218 Å². The Kier molecular flexibility index (Phi) is 6.47. The van der Waals surface area contributed by atoms with E-state index in [0.29, 0.717) is 24.2 Å². The van der Waals surface area contributed by atoms with Crippen molar-refractivity contribution < 1.29 is 18.0 Å². The van der Waals surface area contributed by atoms with Gasteiger partial charge in [-0.1, -0.05) is 6.08 Å². The summed E-state index contributed by atoms with van der Waals surface area (Å²) in [6.45, 7) is 3.58. The Hall–Kier alpha value is -3.24. The number of alkyl halides is 3. The average Bonchev–Trinajstić information content (AvgIpc) is 3.38. The number of amides is 1. The normalized spacial score (nSPS) is 21.3. The topological polar surface area (TPSA) is 77.1 Å². The molecule has 1 atom stereocenters. The summed E-state index contributed by atoms with van der Waals surface area (Å²) in [7, 11) is 2.02. The number of hydrogen-bond donors (Lipinski definition) is 2. The van der Waals surface area contributed by atoms with Gasteiger partial charge in [0.15, 0.2) is 0 Å². The second-order valence-corrected chi connectivity index (χ2v) is 10.7. The first-order valence-electron chi connectivity index (χ1n) is 13.3. The number of benzene rings is 1. The molecule has 0 radical (unpaired) electrons. The molecule has 3 aliphatic rings. The zero-order valence-corrected chi connectivity index (χ0v) is 21.4. The van der Waals surface area contributed by atoms with Gasteiger partial charge >= 0.3 is 6.18 Å². The zero-order chi connectivity index (χ0) is 26.4. The van der Waals surface area contributed by atoms with Crippen LogP contribution in [-0.4, -0.2) is 76.8 Å². The molecular weight excluding hydrogens is 493 g/mol. The maximum absolute atomic E-state index is 14.1. The molecule has 38 heavy (non-hydrogen) atoms. The minimum Gasteiger partial charge on any atom is -0.321 e. The zero-order valence-electron chi connectivity index (χ0n) is 21.4. The van der Waals surface area contributed by atoms with E-state index in [4.69, 9.17) is 4.98 Å². The summed E-state index contributed by atoms with van der Waals surface area (Å²) in [6.07, 6.45) is 3.88. The molecule has 7 nitrogen and oxygen atoms in total. The van der Waals surface area contributed by atoms with Gasteiger partial charge in [0.05, 0.1) is 17.2 Å². The second-order valence-electron chi connectivity index (χ2n) is 10.7. The highest BCUT2D eigenvalue weighted by atomic mass is 19.4. The van der Waals surface area contributed by atoms with Gasteiger partial charge in [-0.05, 0) is 68.5 Å². The van der Waals surface area contributed by atoms with E-state index in [1.807, 2.05) is 19.2 Å². The predicted octanol–water partition coefficient (Wildman–Crippen LogP) is 4.36. The van der Waals surface area contributed by atoms with E-state index in [1.165, 1.54) is 0 Å². The lowest BCUT2D eigenvalue weighted by molar-refractivity contribution is -0.101. The number of aromatic amines is 1. The summed E-state index contributed by atoms with van der Waals surface area (Å²) in [4.78, 5) is 22.5. The molecule has 1 unspecified atom stereocenters. The Balaban J connectivity index is 1.28. The molecule has 6 rings (SSSR count). The number of H-pyrrole nitrogens is 1. The largest absolute Gasteiger partial charge is 0.413 e. The Morgan fingerprint density at radius 3 is 2.66 bits per heavy atom. The Morgan fingerprint density at radius 2 is 1.89 bits per heavy atom. The van der Waals surface area contributed by atoms with Crippen LogP contribution in [0.25, 0.3) is 21.8 Å². The van der Waals surface area contributed by atoms with Gasteiger partial charge in [0.1, 0.15) is 5.69 Å². The van der Waals surface area contributed by atoms with Crippen LogP contribution in [0.15, 0.2) is 41.8 Å². The van der Waals surface area contributed by atoms with E-state index >= 15 is 0 Å². The highest BCUT2D eigenvalue weighted by Crippen LogP contribution is 2.38. The van der Waals surface area contributed by atoms with Crippen molar-refractivity contribution in [1.29, 1.82) is 0 Å². The molecule has 2 aliphatic carbocycles. The summed E-state index contributed by atoms with van der Waals surface area (Å²) < 4.78 is 42.3. The van der Waals surface area contributed by atoms with E-state index in [1.54, 1.807) is 12.3 Å². The number of fused-ring (bicyclic) bond motifs is 5. The Morgan fingerprint density at radius 1 is 1.13 bits per heavy atom. The second kappa shape index (κ2) is 9.81. The van der Waals surface area contributed by atoms with Gasteiger partial charge in [-0.2, -0.15) is 18.3 Å². The van der Waals surface area contributed by atoms with Crippen molar-refractivity contribution in [2.75, 3.05) is 39.8 Å². The molecule has 0 saturated carbocycles. The lowest BCUT2D eigenvalue weighted by atomic mass is 9.86. The van der Waals surface area contributed by atoms with Gasteiger partial charge in [0.25, 0.3) is 5.91 Å². The van der Waals surface area contributed by atoms with Crippen molar-refractivity contribution in [2.45, 2.75) is 38.3 Å². The Bertz CT molecular complexity index is 1450. The highest BCUT2D eigenvalue weighted by Gasteiger charge is 2.40. The highest BCUT2D eigenvalue weighted by molar-refractivity contribution is 6.09. The van der Waals surface area contributed by atoms with Crippen LogP contribution < -0.4 is 5.32 Å². The van der Waals surface area contributed by atoms with E-state index in [9.17, 15) is 18.0 Å². The molecule has 2 aromatic heterocycles. The molecule has 1 aromatic carbocycles. The third-order valence-corrected chi connectivity index (χ3v) is 8.14. The number of allylic oxidation sites excluding steroid dienone is 2. The molecule has 3 aromatic rings. The van der Waals surface area contributed by atoms with Crippen molar-refractivity contribution in [3.8, 4) is 0 Å². The molecule has 3 heterocycles. The standard InChI is InChI=1S/C28H31F3N6O/c1-36-10-12-37(13-11-36)16-17-6-7-18(14-22(17)28(29,30)31)33-27(38)26-20-5-3-2-4-19(20)25-21-15-32-35-23(21)8-9-24(25)34-26/h7-9,14-15,17H,2-6,10-13,16H2,1H3,(H,32,35)(H,33,38). The predicted molar refractivity (Wildman–Crippen MR) is 140 cm³/mol. The molecule has 1 amide bonds. The molecule has 1 aliphatic heterocycles. The molecule has 0 bridgehead atoms. The van der Waals surface area contributed by atoms with Crippen molar-refractivity contribution >= 4 is 27.7 Å². The lowest BCUT2D eigenvalue weighted by Crippen LogP contribution is -2.47. The van der Waals surface area contributed by atoms with Gasteiger partial charge in [-0.3, -0.25) is 9.89 Å². The average molecular weight is 525 g/mol. The molecule has 1 saturated heterocycles. The maximum Gasteiger partial charge on any atom is 0.413 e. The molecule has 2 N–H and O–H groups in total. The van der Waals surface area contributed by atoms with Gasteiger partial charge in [0.2, 0.25) is 0 Å². The molecule has 200 valence electrons. The number of likely N-dealkylation sites (N-methyl/N-ethyl adjacent to an activating group) is 1. The maximum atomic E-state index is 14.1. The first-order valence-corrected chi connectivity index (χ1v) is 13.3. The summed E-state index contributed by atoms with van der Waals surface area (Å²) in [5.74, 6) is -1.11. The summed E-state index contributed by atoms with van der Waals surface area (Å²) in [6, 6.07) is 3.75. The number of hydrogen-bond acceptors (Lipinski definition) is 5. The quantitative estimate of drug-likeness (QED) is 0.531. The van der Waals surface area contributed by atoms with Gasteiger partial charge in [-0.25, -0.2) is 4.98 Å². The van der Waals surface area contributed by atoms with Crippen LogP contribution in [0.3, 0.4) is 0 Å². The summed E-state index contributed by atoms with van der Waals surface area (Å²) in [5, 5.41) is 11.9. The number of carbonyl (C=O) groups is 1. The third-order valence-electron chi connectivity index (χ3n) is 8.14. The van der Waals surface area contributed by atoms with Crippen LogP contribution in [0.2, 0.25) is 0 Å². The van der Waals surface area contributed by atoms with Crippen molar-refractivity contribution in [1.82, 2.24) is 30.3 Å². The number of pyridine rings is 1. The number of rotatable bonds is 4. The van der Waals surface area contributed by atoms with E-state index < -0.39 is 23.6 Å². The molecular formula is C28H31F3N6O. The fourth-order valence-corrected chi connectivity index (χ4v) is 6.08. The number of aromatic nitrogens is 3. The fraction of sp³-hybridized carbons (Fsp3) is 0.464. The molecule has 10 heteroatoms. The first kappa shape index (κ1) is 25.1. The number of carbonyl (C=O) groups excluding carboxylic acids is 1. The molecule has 1 fully saturated rings. The number of piperazine rings is 1. The summed E-state index contributed by atoms with van der Waals surface area (Å²) >= 11 is 0. The summed E-state index contributed by atoms with van der Waals surface area (Å²) in [5.41, 5.74) is 3.50. The first-order chi connectivity index (χ1) is 18.3. The lowest BCUT2D eigenvalue weighted by Gasteiger charge is -2.36. The third kappa shape index (κ3) is 4.71. The van der Waals surface area contributed by atoms with E-state index in [-0.39, 0.29) is 12.1 Å². The van der Waals surface area contributed by atoms with E-state index in [0.717, 1.165) is 78.9 Å². The van der Waals surface area contributed by atoms with Gasteiger partial charge in [-0.15, -0.1) is 0 Å². The molecule has 0 spiro atoms. The van der Waals surface area contributed by atoms with Crippen molar-refractivity contribution in [3.05, 3.63) is 58.6 Å². The minimum absolute atomic E-state index is 0.189. The van der Waals surface area contributed by atoms with Gasteiger partial charge in [0, 0.05) is 60.7 Å². The van der Waals surface area contributed by atoms with Crippen molar-refractivity contribution in [3.63, 3.8) is 0 Å². The fourth-order valence-electron chi connectivity index (χ4n) is 6.08. The minimum atomic E-state index is -4.46. The number of halogens is 3. The van der Waals surface area contributed by atoms with Crippen LogP contribution in [0.1, 0.15) is 40.9 Å². The van der Waals surface area contributed by atoms with Crippen molar-refractivity contribution in [2.24, 2.45) is 5.92 Å². The monoisotopic (exact) mass is 524 g/mol. The van der Waals surface area contributed by atoms with Crippen LogP contribution in [-0.2, 0) is 12.8 Å². The number of nitrogens with zero attached hydrogens (tertiary/aromatic N) is 4. The van der Waals surface area contributed by atoms with Crippen LogP contribution in [0.5, 0.6) is 0 Å².